The quantitative estimate of drug-likeness (QED) is 0.436. The summed E-state index contributed by atoms with van der Waals surface area (Å²) in [6, 6.07) is 18.6. The summed E-state index contributed by atoms with van der Waals surface area (Å²) >= 11 is 0. The lowest BCUT2D eigenvalue weighted by atomic mass is 9.91. The van der Waals surface area contributed by atoms with Crippen LogP contribution in [0.5, 0.6) is 0 Å². The van der Waals surface area contributed by atoms with Gasteiger partial charge in [0.15, 0.2) is 0 Å². The molecule has 7 heteroatoms. The number of aliphatic hydroxyl groups is 1. The molecule has 5 rings (SSSR count). The van der Waals surface area contributed by atoms with Crippen LogP contribution in [0.2, 0.25) is 0 Å². The highest BCUT2D eigenvalue weighted by molar-refractivity contribution is 5.96. The molecule has 33 heavy (non-hydrogen) atoms. The molecule has 1 saturated heterocycles. The molecular formula is C26H23F3N2O2. The van der Waals surface area contributed by atoms with E-state index in [0.717, 1.165) is 51.9 Å². The van der Waals surface area contributed by atoms with Crippen LogP contribution in [0.1, 0.15) is 27.8 Å². The summed E-state index contributed by atoms with van der Waals surface area (Å²) in [5.41, 5.74) is 3.91. The molecule has 2 heterocycles. The Hall–Kier alpha value is -3.16. The highest BCUT2D eigenvalue weighted by atomic mass is 19.4. The molecule has 2 N–H and O–H groups in total. The molecule has 170 valence electrons. The van der Waals surface area contributed by atoms with Gasteiger partial charge in [0.05, 0.1) is 18.8 Å². The first-order valence-corrected chi connectivity index (χ1v) is 10.8. The largest absolute Gasteiger partial charge is 0.416 e. The Morgan fingerprint density at radius 3 is 2.18 bits per heavy atom. The van der Waals surface area contributed by atoms with Crippen molar-refractivity contribution >= 4 is 5.84 Å². The highest BCUT2D eigenvalue weighted by Crippen LogP contribution is 2.33. The van der Waals surface area contributed by atoms with E-state index in [1.807, 2.05) is 47.4 Å². The minimum atomic E-state index is -4.34. The molecule has 0 bridgehead atoms. The van der Waals surface area contributed by atoms with Crippen molar-refractivity contribution in [3.8, 4) is 11.1 Å². The van der Waals surface area contributed by atoms with E-state index in [9.17, 15) is 18.3 Å². The van der Waals surface area contributed by atoms with Crippen LogP contribution in [0.25, 0.3) is 11.1 Å². The average molecular weight is 452 g/mol. The molecule has 0 aromatic heterocycles. The van der Waals surface area contributed by atoms with Crippen LogP contribution < -0.4 is 0 Å². The second-order valence-corrected chi connectivity index (χ2v) is 8.68. The number of alkyl halides is 3. The van der Waals surface area contributed by atoms with Crippen molar-refractivity contribution in [1.29, 1.82) is 5.41 Å². The van der Waals surface area contributed by atoms with Crippen LogP contribution >= 0.6 is 0 Å². The van der Waals surface area contributed by atoms with Gasteiger partial charge in [0.25, 0.3) is 0 Å². The number of benzene rings is 3. The maximum absolute atomic E-state index is 12.8. The third-order valence-electron chi connectivity index (χ3n) is 6.46. The fourth-order valence-corrected chi connectivity index (χ4v) is 4.36. The van der Waals surface area contributed by atoms with Gasteiger partial charge in [-0.15, -0.1) is 0 Å². The number of fused-ring (bicyclic) bond motifs is 1. The van der Waals surface area contributed by atoms with Gasteiger partial charge >= 0.3 is 6.18 Å². The second kappa shape index (κ2) is 8.01. The van der Waals surface area contributed by atoms with E-state index >= 15 is 0 Å². The first-order valence-electron chi connectivity index (χ1n) is 10.8. The summed E-state index contributed by atoms with van der Waals surface area (Å²) < 4.78 is 43.6. The Kier molecular flexibility index (Phi) is 5.26. The SMILES string of the molecule is N=C(c1ccc(C2(O)COC2)cc1)N1CCc2cc(-c3ccc(C(F)(F)F)cc3)ccc2C1. The van der Waals surface area contributed by atoms with Gasteiger partial charge in [-0.05, 0) is 46.4 Å². The zero-order chi connectivity index (χ0) is 23.2. The van der Waals surface area contributed by atoms with E-state index in [4.69, 9.17) is 10.1 Å². The summed E-state index contributed by atoms with van der Waals surface area (Å²) in [5, 5.41) is 19.0. The Bertz CT molecular complexity index is 1180. The van der Waals surface area contributed by atoms with Crippen molar-refractivity contribution in [2.24, 2.45) is 0 Å². The average Bonchev–Trinajstić information content (AvgIpc) is 2.81. The Morgan fingerprint density at radius 1 is 0.909 bits per heavy atom. The molecule has 0 amide bonds. The van der Waals surface area contributed by atoms with Crippen molar-refractivity contribution in [2.45, 2.75) is 24.7 Å². The van der Waals surface area contributed by atoms with E-state index in [1.54, 1.807) is 0 Å². The van der Waals surface area contributed by atoms with E-state index in [1.165, 1.54) is 12.1 Å². The van der Waals surface area contributed by atoms with Crippen LogP contribution in [0.4, 0.5) is 13.2 Å². The molecular weight excluding hydrogens is 429 g/mol. The fourth-order valence-electron chi connectivity index (χ4n) is 4.36. The van der Waals surface area contributed by atoms with Crippen molar-refractivity contribution < 1.29 is 23.0 Å². The van der Waals surface area contributed by atoms with Gasteiger partial charge in [0.1, 0.15) is 11.4 Å². The standard InChI is InChI=1S/C26H23F3N2O2/c27-26(28,29)23-9-3-17(4-10-23)19-1-2-21-14-31(12-11-20(21)13-19)24(30)18-5-7-22(8-6-18)25(32)15-33-16-25/h1-10,13,30,32H,11-12,14-16H2. The number of nitrogens with zero attached hydrogens (tertiary/aromatic N) is 1. The molecule has 0 unspecified atom stereocenters. The van der Waals surface area contributed by atoms with Gasteiger partial charge in [-0.3, -0.25) is 5.41 Å². The topological polar surface area (TPSA) is 56.6 Å². The van der Waals surface area contributed by atoms with Gasteiger partial charge in [-0.1, -0.05) is 54.6 Å². The number of halogens is 3. The molecule has 4 nitrogen and oxygen atoms in total. The lowest BCUT2D eigenvalue weighted by Gasteiger charge is -2.37. The van der Waals surface area contributed by atoms with Crippen LogP contribution in [0.15, 0.2) is 66.7 Å². The molecule has 0 radical (unpaired) electrons. The number of amidine groups is 1. The van der Waals surface area contributed by atoms with Crippen molar-refractivity contribution in [3.05, 3.63) is 94.5 Å². The van der Waals surface area contributed by atoms with Gasteiger partial charge in [-0.25, -0.2) is 0 Å². The van der Waals surface area contributed by atoms with Crippen LogP contribution in [-0.2, 0) is 29.5 Å². The predicted octanol–water partition coefficient (Wildman–Crippen LogP) is 4.97. The smallest absolute Gasteiger partial charge is 0.380 e. The normalized spacial score (nSPS) is 17.3. The second-order valence-electron chi connectivity index (χ2n) is 8.68. The maximum atomic E-state index is 12.8. The molecule has 3 aromatic rings. The zero-order valence-electron chi connectivity index (χ0n) is 17.8. The Morgan fingerprint density at radius 2 is 1.58 bits per heavy atom. The monoisotopic (exact) mass is 452 g/mol. The number of hydrogen-bond acceptors (Lipinski definition) is 3. The number of ether oxygens (including phenoxy) is 1. The minimum Gasteiger partial charge on any atom is -0.380 e. The van der Waals surface area contributed by atoms with Crippen LogP contribution in [0, 0.1) is 5.41 Å². The molecule has 1 fully saturated rings. The van der Waals surface area contributed by atoms with Gasteiger partial charge < -0.3 is 14.7 Å². The van der Waals surface area contributed by atoms with E-state index in [0.29, 0.717) is 32.1 Å². The molecule has 3 aromatic carbocycles. The first-order chi connectivity index (χ1) is 15.7. The lowest BCUT2D eigenvalue weighted by Crippen LogP contribution is -2.46. The van der Waals surface area contributed by atoms with Crippen LogP contribution in [0.3, 0.4) is 0 Å². The number of rotatable bonds is 3. The third kappa shape index (κ3) is 4.14. The van der Waals surface area contributed by atoms with Crippen LogP contribution in [-0.4, -0.2) is 35.6 Å². The molecule has 0 spiro atoms. The predicted molar refractivity (Wildman–Crippen MR) is 119 cm³/mol. The third-order valence-corrected chi connectivity index (χ3v) is 6.46. The van der Waals surface area contributed by atoms with Crippen molar-refractivity contribution in [2.75, 3.05) is 19.8 Å². The Labute approximate surface area is 189 Å². The van der Waals surface area contributed by atoms with Crippen molar-refractivity contribution in [3.63, 3.8) is 0 Å². The van der Waals surface area contributed by atoms with Gasteiger partial charge in [0.2, 0.25) is 0 Å². The number of nitrogens with one attached hydrogen (secondary N) is 1. The molecule has 0 saturated carbocycles. The van der Waals surface area contributed by atoms with Crippen molar-refractivity contribution in [1.82, 2.24) is 4.90 Å². The summed E-state index contributed by atoms with van der Waals surface area (Å²) in [5.74, 6) is 0.427. The summed E-state index contributed by atoms with van der Waals surface area (Å²) in [7, 11) is 0. The maximum Gasteiger partial charge on any atom is 0.416 e. The van der Waals surface area contributed by atoms with E-state index < -0.39 is 17.3 Å². The molecule has 0 atom stereocenters. The summed E-state index contributed by atoms with van der Waals surface area (Å²) in [4.78, 5) is 2.01. The molecule has 2 aliphatic heterocycles. The zero-order valence-corrected chi connectivity index (χ0v) is 17.8. The Balaban J connectivity index is 1.30. The van der Waals surface area contributed by atoms with E-state index in [-0.39, 0.29) is 0 Å². The van der Waals surface area contributed by atoms with Gasteiger partial charge in [0, 0.05) is 18.7 Å². The summed E-state index contributed by atoms with van der Waals surface area (Å²) in [6.45, 7) is 1.87. The lowest BCUT2D eigenvalue weighted by molar-refractivity contribution is -0.184. The van der Waals surface area contributed by atoms with Gasteiger partial charge in [-0.2, -0.15) is 13.2 Å². The number of hydrogen-bond donors (Lipinski definition) is 2. The molecule has 2 aliphatic rings. The fraction of sp³-hybridized carbons (Fsp3) is 0.269. The first kappa shape index (κ1) is 21.7. The minimum absolute atomic E-state index is 0.293. The summed E-state index contributed by atoms with van der Waals surface area (Å²) in [6.07, 6.45) is -3.59. The highest BCUT2D eigenvalue weighted by Gasteiger charge is 2.38. The van der Waals surface area contributed by atoms with E-state index in [2.05, 4.69) is 0 Å². The molecule has 0 aliphatic carbocycles.